The Morgan fingerprint density at radius 2 is 2.13 bits per heavy atom. The van der Waals surface area contributed by atoms with Crippen molar-refractivity contribution in [3.63, 3.8) is 0 Å². The van der Waals surface area contributed by atoms with Crippen LogP contribution in [0.2, 0.25) is 0 Å². The molecule has 2 N–H and O–H groups in total. The topological polar surface area (TPSA) is 63.2 Å². The first-order valence-corrected chi connectivity index (χ1v) is 8.15. The van der Waals surface area contributed by atoms with Crippen molar-refractivity contribution >= 4 is 34.8 Å². The van der Waals surface area contributed by atoms with Crippen molar-refractivity contribution in [1.82, 2.24) is 10.3 Å². The van der Waals surface area contributed by atoms with Gasteiger partial charge in [-0.15, -0.1) is 23.7 Å². The molecule has 1 amide bonds. The van der Waals surface area contributed by atoms with Gasteiger partial charge in [-0.1, -0.05) is 0 Å². The summed E-state index contributed by atoms with van der Waals surface area (Å²) in [6.45, 7) is 2.92. The number of nitrogens with zero attached hydrogens (tertiary/aromatic N) is 1. The van der Waals surface area contributed by atoms with Crippen LogP contribution < -0.4 is 15.4 Å². The fourth-order valence-electron chi connectivity index (χ4n) is 2.57. The molecular formula is C16H20ClN3O2S. The highest BCUT2D eigenvalue weighted by molar-refractivity contribution is 7.16. The van der Waals surface area contributed by atoms with Crippen molar-refractivity contribution in [2.24, 2.45) is 0 Å². The highest BCUT2D eigenvalue weighted by Gasteiger charge is 2.23. The summed E-state index contributed by atoms with van der Waals surface area (Å²) in [7, 11) is 1.65. The number of methoxy groups -OCH3 is 1. The highest BCUT2D eigenvalue weighted by Crippen LogP contribution is 2.31. The Morgan fingerprint density at radius 1 is 1.39 bits per heavy atom. The minimum Gasteiger partial charge on any atom is -0.497 e. The summed E-state index contributed by atoms with van der Waals surface area (Å²) in [5, 5.41) is 6.77. The number of carbonyl (C=O) groups excluding carboxylic acids is 1. The molecule has 5 nitrogen and oxygen atoms in total. The molecule has 2 heterocycles. The van der Waals surface area contributed by atoms with Gasteiger partial charge in [0, 0.05) is 10.4 Å². The number of aryl methyl sites for hydroxylation is 1. The van der Waals surface area contributed by atoms with E-state index in [-0.39, 0.29) is 24.4 Å². The van der Waals surface area contributed by atoms with Crippen LogP contribution in [0, 0.1) is 6.92 Å². The van der Waals surface area contributed by atoms with Gasteiger partial charge in [-0.3, -0.25) is 4.79 Å². The van der Waals surface area contributed by atoms with E-state index in [0.717, 1.165) is 41.3 Å². The molecule has 0 radical (unpaired) electrons. The van der Waals surface area contributed by atoms with E-state index in [0.29, 0.717) is 5.13 Å². The number of ether oxygens (including phenoxy) is 1. The first-order chi connectivity index (χ1) is 10.7. The molecule has 0 saturated carbocycles. The molecule has 1 fully saturated rings. The Labute approximate surface area is 145 Å². The van der Waals surface area contributed by atoms with E-state index in [1.54, 1.807) is 7.11 Å². The van der Waals surface area contributed by atoms with Crippen molar-refractivity contribution in [3.8, 4) is 17.0 Å². The highest BCUT2D eigenvalue weighted by atomic mass is 35.5. The van der Waals surface area contributed by atoms with Gasteiger partial charge in [0.15, 0.2) is 5.13 Å². The minimum atomic E-state index is -0.0892. The smallest absolute Gasteiger partial charge is 0.243 e. The second-order valence-electron chi connectivity index (χ2n) is 5.29. The number of aromatic nitrogens is 1. The summed E-state index contributed by atoms with van der Waals surface area (Å²) in [6, 6.07) is 7.69. The van der Waals surface area contributed by atoms with Crippen LogP contribution in [0.15, 0.2) is 24.3 Å². The second kappa shape index (κ2) is 7.77. The maximum Gasteiger partial charge on any atom is 0.243 e. The van der Waals surface area contributed by atoms with Gasteiger partial charge in [-0.25, -0.2) is 4.98 Å². The molecule has 2 aromatic rings. The maximum atomic E-state index is 12.1. The number of carbonyl (C=O) groups is 1. The lowest BCUT2D eigenvalue weighted by atomic mass is 10.1. The van der Waals surface area contributed by atoms with E-state index in [2.05, 4.69) is 15.6 Å². The minimum absolute atomic E-state index is 0. The summed E-state index contributed by atoms with van der Waals surface area (Å²) in [5.41, 5.74) is 1.93. The van der Waals surface area contributed by atoms with Crippen LogP contribution in [0.25, 0.3) is 11.3 Å². The predicted octanol–water partition coefficient (Wildman–Crippen LogP) is 3.24. The first-order valence-electron chi connectivity index (χ1n) is 7.33. The summed E-state index contributed by atoms with van der Waals surface area (Å²) in [4.78, 5) is 17.8. The third-order valence-corrected chi connectivity index (χ3v) is 4.65. The zero-order valence-electron chi connectivity index (χ0n) is 13.1. The van der Waals surface area contributed by atoms with Gasteiger partial charge >= 0.3 is 0 Å². The van der Waals surface area contributed by atoms with Gasteiger partial charge in [0.2, 0.25) is 5.91 Å². The van der Waals surface area contributed by atoms with E-state index in [1.807, 2.05) is 31.2 Å². The SMILES string of the molecule is COc1ccc(-c2nc(NC(=O)C3CCCN3)sc2C)cc1.Cl. The zero-order chi connectivity index (χ0) is 15.5. The normalized spacial score (nSPS) is 16.7. The van der Waals surface area contributed by atoms with Gasteiger partial charge < -0.3 is 15.4 Å². The number of anilines is 1. The Morgan fingerprint density at radius 3 is 2.74 bits per heavy atom. The number of amides is 1. The number of nitrogens with one attached hydrogen (secondary N) is 2. The van der Waals surface area contributed by atoms with Crippen molar-refractivity contribution in [2.45, 2.75) is 25.8 Å². The van der Waals surface area contributed by atoms with Crippen molar-refractivity contribution in [3.05, 3.63) is 29.1 Å². The van der Waals surface area contributed by atoms with Crippen LogP contribution in [0.3, 0.4) is 0 Å². The van der Waals surface area contributed by atoms with Gasteiger partial charge in [0.05, 0.1) is 18.8 Å². The predicted molar refractivity (Wildman–Crippen MR) is 95.7 cm³/mol. The summed E-state index contributed by atoms with van der Waals surface area (Å²) >= 11 is 1.50. The Hall–Kier alpha value is -1.63. The molecule has 124 valence electrons. The monoisotopic (exact) mass is 353 g/mol. The van der Waals surface area contributed by atoms with Gasteiger partial charge in [0.25, 0.3) is 0 Å². The van der Waals surface area contributed by atoms with Crippen LogP contribution in [0.4, 0.5) is 5.13 Å². The lowest BCUT2D eigenvalue weighted by Crippen LogP contribution is -2.35. The molecule has 1 aromatic carbocycles. The third kappa shape index (κ3) is 4.02. The van der Waals surface area contributed by atoms with Crippen LogP contribution in [0.5, 0.6) is 5.75 Å². The molecule has 1 unspecified atom stereocenters. The van der Waals surface area contributed by atoms with Crippen LogP contribution in [-0.2, 0) is 4.79 Å². The van der Waals surface area contributed by atoms with Gasteiger partial charge in [-0.2, -0.15) is 0 Å². The van der Waals surface area contributed by atoms with Crippen LogP contribution in [-0.4, -0.2) is 30.6 Å². The Balaban J connectivity index is 0.00000192. The molecule has 23 heavy (non-hydrogen) atoms. The third-order valence-electron chi connectivity index (χ3n) is 3.77. The number of hydrogen-bond donors (Lipinski definition) is 2. The molecule has 7 heteroatoms. The number of hydrogen-bond acceptors (Lipinski definition) is 5. The average molecular weight is 354 g/mol. The standard InChI is InChI=1S/C16H19N3O2S.ClH/c1-10-14(11-5-7-12(21-2)8-6-11)18-16(22-10)19-15(20)13-4-3-9-17-13;/h5-8,13,17H,3-4,9H2,1-2H3,(H,18,19,20);1H. The van der Waals surface area contributed by atoms with Gasteiger partial charge in [0.1, 0.15) is 5.75 Å². The van der Waals surface area contributed by atoms with E-state index >= 15 is 0 Å². The summed E-state index contributed by atoms with van der Waals surface area (Å²) < 4.78 is 5.17. The molecule has 1 aliphatic heterocycles. The molecule has 1 aliphatic rings. The van der Waals surface area contributed by atoms with Crippen LogP contribution in [0.1, 0.15) is 17.7 Å². The Bertz CT molecular complexity index is 666. The fraction of sp³-hybridized carbons (Fsp3) is 0.375. The molecule has 0 aliphatic carbocycles. The van der Waals surface area contributed by atoms with E-state index in [1.165, 1.54) is 11.3 Å². The quantitative estimate of drug-likeness (QED) is 0.885. The van der Waals surface area contributed by atoms with Crippen molar-refractivity contribution in [2.75, 3.05) is 19.0 Å². The number of halogens is 1. The molecule has 0 bridgehead atoms. The lowest BCUT2D eigenvalue weighted by Gasteiger charge is -2.08. The van der Waals surface area contributed by atoms with E-state index < -0.39 is 0 Å². The zero-order valence-corrected chi connectivity index (χ0v) is 14.7. The number of benzene rings is 1. The van der Waals surface area contributed by atoms with Crippen molar-refractivity contribution in [1.29, 1.82) is 0 Å². The molecule has 1 aromatic heterocycles. The first kappa shape index (κ1) is 17.7. The van der Waals surface area contributed by atoms with Crippen molar-refractivity contribution < 1.29 is 9.53 Å². The largest absolute Gasteiger partial charge is 0.497 e. The van der Waals surface area contributed by atoms with Crippen LogP contribution >= 0.6 is 23.7 Å². The summed E-state index contributed by atoms with van der Waals surface area (Å²) in [6.07, 6.45) is 1.94. The van der Waals surface area contributed by atoms with Gasteiger partial charge in [-0.05, 0) is 50.6 Å². The molecule has 1 saturated heterocycles. The fourth-order valence-corrected chi connectivity index (χ4v) is 3.41. The molecule has 0 spiro atoms. The summed E-state index contributed by atoms with van der Waals surface area (Å²) in [5.74, 6) is 0.824. The molecular weight excluding hydrogens is 334 g/mol. The van der Waals surface area contributed by atoms with E-state index in [9.17, 15) is 4.79 Å². The number of thiazole rings is 1. The second-order valence-corrected chi connectivity index (χ2v) is 6.49. The molecule has 3 rings (SSSR count). The maximum absolute atomic E-state index is 12.1. The Kier molecular flexibility index (Phi) is 5.98. The lowest BCUT2D eigenvalue weighted by molar-refractivity contribution is -0.117. The number of rotatable bonds is 4. The van der Waals surface area contributed by atoms with E-state index in [4.69, 9.17) is 4.74 Å². The molecule has 1 atom stereocenters. The average Bonchev–Trinajstić information content (AvgIpc) is 3.17.